The van der Waals surface area contributed by atoms with Crippen molar-refractivity contribution in [3.05, 3.63) is 34.3 Å². The fourth-order valence-electron chi connectivity index (χ4n) is 1.37. The van der Waals surface area contributed by atoms with Gasteiger partial charge in [-0.15, -0.1) is 0 Å². The van der Waals surface area contributed by atoms with Gasteiger partial charge < -0.3 is 10.0 Å². The Morgan fingerprint density at radius 2 is 2.19 bits per heavy atom. The zero-order chi connectivity index (χ0) is 12.3. The predicted octanol–water partition coefficient (Wildman–Crippen LogP) is 1.84. The second-order valence-corrected chi connectivity index (χ2v) is 4.52. The zero-order valence-electron chi connectivity index (χ0n) is 8.98. The monoisotopic (exact) mass is 285 g/mol. The number of rotatable bonds is 4. The van der Waals surface area contributed by atoms with Crippen molar-refractivity contribution < 1.29 is 14.7 Å². The molecule has 0 aromatic heterocycles. The highest BCUT2D eigenvalue weighted by molar-refractivity contribution is 9.10. The molecule has 5 heteroatoms. The van der Waals surface area contributed by atoms with E-state index in [2.05, 4.69) is 15.9 Å². The SMILES string of the molecule is CN(C=O)C(C)(C(=O)O)c1cccc(Br)c1. The summed E-state index contributed by atoms with van der Waals surface area (Å²) in [5.41, 5.74) is -0.810. The van der Waals surface area contributed by atoms with Crippen LogP contribution in [-0.2, 0) is 15.1 Å². The molecule has 1 amide bonds. The Kier molecular flexibility index (Phi) is 3.70. The third-order valence-corrected chi connectivity index (χ3v) is 3.16. The maximum absolute atomic E-state index is 11.3. The highest BCUT2D eigenvalue weighted by atomic mass is 79.9. The van der Waals surface area contributed by atoms with Crippen LogP contribution in [0.1, 0.15) is 12.5 Å². The number of halogens is 1. The number of carboxylic acids is 1. The lowest BCUT2D eigenvalue weighted by Crippen LogP contribution is -2.47. The van der Waals surface area contributed by atoms with E-state index in [-0.39, 0.29) is 0 Å². The van der Waals surface area contributed by atoms with Gasteiger partial charge in [-0.3, -0.25) is 4.79 Å². The van der Waals surface area contributed by atoms with Gasteiger partial charge >= 0.3 is 5.97 Å². The Labute approximate surface area is 102 Å². The van der Waals surface area contributed by atoms with E-state index in [9.17, 15) is 14.7 Å². The van der Waals surface area contributed by atoms with Gasteiger partial charge in [0.05, 0.1) is 0 Å². The van der Waals surface area contributed by atoms with Crippen LogP contribution in [0.5, 0.6) is 0 Å². The number of nitrogens with zero attached hydrogens (tertiary/aromatic N) is 1. The van der Waals surface area contributed by atoms with Gasteiger partial charge in [0.15, 0.2) is 5.54 Å². The van der Waals surface area contributed by atoms with E-state index in [1.807, 2.05) is 0 Å². The van der Waals surface area contributed by atoms with Crippen LogP contribution in [0.25, 0.3) is 0 Å². The van der Waals surface area contributed by atoms with Crippen molar-refractivity contribution >= 4 is 28.3 Å². The van der Waals surface area contributed by atoms with Crippen LogP contribution < -0.4 is 0 Å². The van der Waals surface area contributed by atoms with Gasteiger partial charge in [-0.2, -0.15) is 0 Å². The van der Waals surface area contributed by atoms with Crippen LogP contribution in [0.2, 0.25) is 0 Å². The van der Waals surface area contributed by atoms with Crippen LogP contribution in [0.4, 0.5) is 0 Å². The maximum atomic E-state index is 11.3. The van der Waals surface area contributed by atoms with Gasteiger partial charge in [0.2, 0.25) is 6.41 Å². The van der Waals surface area contributed by atoms with Crippen LogP contribution in [-0.4, -0.2) is 29.4 Å². The van der Waals surface area contributed by atoms with Crippen molar-refractivity contribution in [2.24, 2.45) is 0 Å². The van der Waals surface area contributed by atoms with Crippen molar-refractivity contribution in [3.63, 3.8) is 0 Å². The van der Waals surface area contributed by atoms with E-state index in [0.29, 0.717) is 12.0 Å². The lowest BCUT2D eigenvalue weighted by molar-refractivity contribution is -0.153. The molecule has 0 bridgehead atoms. The molecular weight excluding hydrogens is 274 g/mol. The molecule has 1 unspecified atom stereocenters. The minimum Gasteiger partial charge on any atom is -0.479 e. The average molecular weight is 286 g/mol. The van der Waals surface area contributed by atoms with Gasteiger partial charge in [0, 0.05) is 11.5 Å². The van der Waals surface area contributed by atoms with Crippen molar-refractivity contribution in [2.45, 2.75) is 12.5 Å². The molecule has 1 N–H and O–H groups in total. The number of hydrogen-bond acceptors (Lipinski definition) is 2. The summed E-state index contributed by atoms with van der Waals surface area (Å²) in [5.74, 6) is -1.07. The molecule has 0 fully saturated rings. The Bertz CT molecular complexity index is 421. The van der Waals surface area contributed by atoms with Gasteiger partial charge in [-0.1, -0.05) is 28.1 Å². The molecule has 4 nitrogen and oxygen atoms in total. The molecule has 0 radical (unpaired) electrons. The summed E-state index contributed by atoms with van der Waals surface area (Å²) in [7, 11) is 1.45. The molecule has 16 heavy (non-hydrogen) atoms. The second-order valence-electron chi connectivity index (χ2n) is 3.60. The van der Waals surface area contributed by atoms with Crippen LogP contribution in [0, 0.1) is 0 Å². The van der Waals surface area contributed by atoms with Crippen LogP contribution in [0.15, 0.2) is 28.7 Å². The summed E-state index contributed by atoms with van der Waals surface area (Å²) in [6, 6.07) is 6.90. The van der Waals surface area contributed by atoms with E-state index >= 15 is 0 Å². The van der Waals surface area contributed by atoms with E-state index in [0.717, 1.165) is 9.37 Å². The minimum atomic E-state index is -1.36. The summed E-state index contributed by atoms with van der Waals surface area (Å²) in [6.45, 7) is 1.49. The first kappa shape index (κ1) is 12.7. The first-order chi connectivity index (χ1) is 7.42. The van der Waals surface area contributed by atoms with E-state index in [1.165, 1.54) is 14.0 Å². The molecule has 1 rings (SSSR count). The smallest absolute Gasteiger partial charge is 0.334 e. The van der Waals surface area contributed by atoms with E-state index < -0.39 is 11.5 Å². The second kappa shape index (κ2) is 4.65. The summed E-state index contributed by atoms with van der Waals surface area (Å²) in [4.78, 5) is 23.2. The third kappa shape index (κ3) is 2.09. The van der Waals surface area contributed by atoms with Crippen molar-refractivity contribution in [3.8, 4) is 0 Å². The lowest BCUT2D eigenvalue weighted by Gasteiger charge is -2.32. The normalized spacial score (nSPS) is 13.9. The largest absolute Gasteiger partial charge is 0.479 e. The van der Waals surface area contributed by atoms with Crippen molar-refractivity contribution in [2.75, 3.05) is 7.05 Å². The number of carboxylic acid groups (broad SMARTS) is 1. The molecule has 0 aliphatic heterocycles. The first-order valence-corrected chi connectivity index (χ1v) is 5.40. The van der Waals surface area contributed by atoms with Crippen molar-refractivity contribution in [1.82, 2.24) is 4.90 Å². The molecular formula is C11H12BrNO3. The number of benzene rings is 1. The third-order valence-electron chi connectivity index (χ3n) is 2.67. The van der Waals surface area contributed by atoms with E-state index in [1.54, 1.807) is 24.3 Å². The topological polar surface area (TPSA) is 57.6 Å². The molecule has 0 aliphatic rings. The lowest BCUT2D eigenvalue weighted by atomic mass is 9.91. The molecule has 0 spiro atoms. The molecule has 0 aliphatic carbocycles. The molecule has 1 aromatic carbocycles. The molecule has 1 aromatic rings. The molecule has 0 heterocycles. The van der Waals surface area contributed by atoms with Crippen LogP contribution >= 0.6 is 15.9 Å². The quantitative estimate of drug-likeness (QED) is 0.859. The first-order valence-electron chi connectivity index (χ1n) is 4.60. The molecule has 0 saturated carbocycles. The molecule has 86 valence electrons. The standard InChI is InChI=1S/C11H12BrNO3/c1-11(10(15)16,13(2)7-14)8-4-3-5-9(12)6-8/h3-7H,1-2H3,(H,15,16). The molecule has 1 atom stereocenters. The molecule has 0 saturated heterocycles. The number of likely N-dealkylation sites (N-methyl/N-ethyl adjacent to an activating group) is 1. The number of carbonyl (C=O) groups is 2. The summed E-state index contributed by atoms with van der Waals surface area (Å²) >= 11 is 3.27. The highest BCUT2D eigenvalue weighted by Crippen LogP contribution is 2.28. The predicted molar refractivity (Wildman–Crippen MR) is 63.0 cm³/mol. The minimum absolute atomic E-state index is 0.509. The van der Waals surface area contributed by atoms with Crippen molar-refractivity contribution in [1.29, 1.82) is 0 Å². The van der Waals surface area contributed by atoms with Gasteiger partial charge in [0.1, 0.15) is 0 Å². The number of amides is 1. The maximum Gasteiger partial charge on any atom is 0.334 e. The van der Waals surface area contributed by atoms with Gasteiger partial charge in [0.25, 0.3) is 0 Å². The summed E-state index contributed by atoms with van der Waals surface area (Å²) < 4.78 is 0.775. The zero-order valence-corrected chi connectivity index (χ0v) is 10.6. The Balaban J connectivity index is 3.32. The van der Waals surface area contributed by atoms with Gasteiger partial charge in [-0.25, -0.2) is 4.79 Å². The Morgan fingerprint density at radius 3 is 2.62 bits per heavy atom. The fourth-order valence-corrected chi connectivity index (χ4v) is 1.77. The van der Waals surface area contributed by atoms with Gasteiger partial charge in [-0.05, 0) is 24.6 Å². The highest BCUT2D eigenvalue weighted by Gasteiger charge is 2.39. The number of carbonyl (C=O) groups excluding carboxylic acids is 1. The fraction of sp³-hybridized carbons (Fsp3) is 0.273. The summed E-state index contributed by atoms with van der Waals surface area (Å²) in [6.07, 6.45) is 0.509. The Hall–Kier alpha value is -1.36. The average Bonchev–Trinajstić information content (AvgIpc) is 2.26. The van der Waals surface area contributed by atoms with E-state index in [4.69, 9.17) is 0 Å². The summed E-state index contributed by atoms with van der Waals surface area (Å²) in [5, 5.41) is 9.26. The number of aliphatic carboxylic acids is 1. The number of hydrogen-bond donors (Lipinski definition) is 1. The van der Waals surface area contributed by atoms with Crippen LogP contribution in [0.3, 0.4) is 0 Å². The Morgan fingerprint density at radius 1 is 1.56 bits per heavy atom.